The Kier molecular flexibility index (Phi) is 5.61. The molecule has 1 aliphatic rings. The number of thioether (sulfide) groups is 1. The first-order valence-electron chi connectivity index (χ1n) is 7.84. The van der Waals surface area contributed by atoms with Gasteiger partial charge in [-0.25, -0.2) is 9.48 Å². The number of tetrazole rings is 1. The van der Waals surface area contributed by atoms with Gasteiger partial charge in [0.15, 0.2) is 0 Å². The third kappa shape index (κ3) is 4.92. The van der Waals surface area contributed by atoms with Crippen molar-refractivity contribution in [3.8, 4) is 0 Å². The number of amides is 3. The lowest BCUT2D eigenvalue weighted by Gasteiger charge is -2.20. The highest BCUT2D eigenvalue weighted by Gasteiger charge is 2.25. The van der Waals surface area contributed by atoms with Gasteiger partial charge in [-0.3, -0.25) is 10.1 Å². The van der Waals surface area contributed by atoms with E-state index in [4.69, 9.17) is 0 Å². The Balaban J connectivity index is 1.87. The van der Waals surface area contributed by atoms with E-state index in [0.717, 1.165) is 25.7 Å². The van der Waals surface area contributed by atoms with Crippen molar-refractivity contribution in [2.75, 3.05) is 0 Å². The van der Waals surface area contributed by atoms with Crippen LogP contribution in [0.2, 0.25) is 0 Å². The van der Waals surface area contributed by atoms with Crippen LogP contribution in [0, 0.1) is 0 Å². The second kappa shape index (κ2) is 7.29. The van der Waals surface area contributed by atoms with E-state index in [2.05, 4.69) is 26.2 Å². The molecule has 0 spiro atoms. The Bertz CT molecular complexity index is 562. The van der Waals surface area contributed by atoms with E-state index in [1.165, 1.54) is 11.8 Å². The minimum absolute atomic E-state index is 0.180. The van der Waals surface area contributed by atoms with Crippen LogP contribution < -0.4 is 10.6 Å². The van der Waals surface area contributed by atoms with Gasteiger partial charge in [0.2, 0.25) is 11.1 Å². The quantitative estimate of drug-likeness (QED) is 0.809. The molecule has 3 amide bonds. The van der Waals surface area contributed by atoms with E-state index >= 15 is 0 Å². The summed E-state index contributed by atoms with van der Waals surface area (Å²) in [5, 5.41) is 16.9. The van der Waals surface area contributed by atoms with Gasteiger partial charge in [0, 0.05) is 6.04 Å². The summed E-state index contributed by atoms with van der Waals surface area (Å²) in [6, 6.07) is -0.247. The SMILES string of the molecule is C[C@@H](Sc1nnnn1C(C)(C)C)C(=O)NC(=O)NC1CCCC1. The monoisotopic (exact) mass is 340 g/mol. The van der Waals surface area contributed by atoms with Crippen LogP contribution >= 0.6 is 11.8 Å². The van der Waals surface area contributed by atoms with Gasteiger partial charge >= 0.3 is 6.03 Å². The van der Waals surface area contributed by atoms with Crippen LogP contribution in [0.1, 0.15) is 53.4 Å². The van der Waals surface area contributed by atoms with E-state index in [1.54, 1.807) is 11.6 Å². The zero-order valence-corrected chi connectivity index (χ0v) is 14.8. The first kappa shape index (κ1) is 17.7. The minimum Gasteiger partial charge on any atom is -0.335 e. The molecule has 1 atom stereocenters. The maximum atomic E-state index is 12.1. The van der Waals surface area contributed by atoms with E-state index in [-0.39, 0.29) is 17.5 Å². The number of hydrogen-bond donors (Lipinski definition) is 2. The summed E-state index contributed by atoms with van der Waals surface area (Å²) < 4.78 is 1.67. The minimum atomic E-state index is -0.476. The van der Waals surface area contributed by atoms with Crippen LogP contribution in [0.4, 0.5) is 4.79 Å². The van der Waals surface area contributed by atoms with Gasteiger partial charge in [-0.1, -0.05) is 24.6 Å². The Hall–Kier alpha value is -1.64. The number of carbonyl (C=O) groups is 2. The molecular weight excluding hydrogens is 316 g/mol. The molecule has 1 fully saturated rings. The van der Waals surface area contributed by atoms with Crippen LogP contribution in [0.25, 0.3) is 0 Å². The fraction of sp³-hybridized carbons (Fsp3) is 0.786. The number of hydrogen-bond acceptors (Lipinski definition) is 6. The number of urea groups is 1. The number of rotatable bonds is 4. The molecule has 1 heterocycles. The van der Waals surface area contributed by atoms with Crippen molar-refractivity contribution in [1.82, 2.24) is 30.8 Å². The average Bonchev–Trinajstić information content (AvgIpc) is 3.08. The molecule has 8 nitrogen and oxygen atoms in total. The van der Waals surface area contributed by atoms with E-state index in [0.29, 0.717) is 5.16 Å². The summed E-state index contributed by atoms with van der Waals surface area (Å²) >= 11 is 1.23. The molecular formula is C14H24N6O2S. The number of carbonyl (C=O) groups excluding carboxylic acids is 2. The van der Waals surface area contributed by atoms with Crippen molar-refractivity contribution in [2.24, 2.45) is 0 Å². The zero-order chi connectivity index (χ0) is 17.0. The molecule has 0 aliphatic heterocycles. The molecule has 1 saturated carbocycles. The van der Waals surface area contributed by atoms with Crippen LogP contribution in [-0.4, -0.2) is 43.4 Å². The molecule has 0 radical (unpaired) electrons. The molecule has 128 valence electrons. The molecule has 23 heavy (non-hydrogen) atoms. The van der Waals surface area contributed by atoms with Crippen LogP contribution in [0.3, 0.4) is 0 Å². The number of aromatic nitrogens is 4. The van der Waals surface area contributed by atoms with Gasteiger partial charge in [0.1, 0.15) is 0 Å². The topological polar surface area (TPSA) is 102 Å². The third-order valence-electron chi connectivity index (χ3n) is 3.65. The summed E-state index contributed by atoms with van der Waals surface area (Å²) in [4.78, 5) is 24.0. The van der Waals surface area contributed by atoms with Crippen molar-refractivity contribution in [3.63, 3.8) is 0 Å². The molecule has 1 aromatic heterocycles. The average molecular weight is 340 g/mol. The van der Waals surface area contributed by atoms with Crippen molar-refractivity contribution < 1.29 is 9.59 Å². The third-order valence-corrected chi connectivity index (χ3v) is 4.69. The second-order valence-corrected chi connectivity index (χ2v) is 8.06. The normalized spacial score (nSPS) is 17.0. The second-order valence-electron chi connectivity index (χ2n) is 6.75. The van der Waals surface area contributed by atoms with E-state index < -0.39 is 11.3 Å². The van der Waals surface area contributed by atoms with Crippen LogP contribution in [0.15, 0.2) is 5.16 Å². The fourth-order valence-corrected chi connectivity index (χ4v) is 3.37. The summed E-state index contributed by atoms with van der Waals surface area (Å²) in [7, 11) is 0. The van der Waals surface area contributed by atoms with Crippen molar-refractivity contribution >= 4 is 23.7 Å². The Morgan fingerprint density at radius 2 is 1.96 bits per heavy atom. The van der Waals surface area contributed by atoms with Crippen LogP contribution in [0.5, 0.6) is 0 Å². The highest BCUT2D eigenvalue weighted by Crippen LogP contribution is 2.25. The van der Waals surface area contributed by atoms with E-state index in [9.17, 15) is 9.59 Å². The van der Waals surface area contributed by atoms with Crippen LogP contribution in [-0.2, 0) is 10.3 Å². The van der Waals surface area contributed by atoms with E-state index in [1.807, 2.05) is 20.8 Å². The molecule has 1 aromatic rings. The molecule has 0 aromatic carbocycles. The molecule has 9 heteroatoms. The lowest BCUT2D eigenvalue weighted by molar-refractivity contribution is -0.119. The number of nitrogens with one attached hydrogen (secondary N) is 2. The summed E-state index contributed by atoms with van der Waals surface area (Å²) in [5.74, 6) is -0.353. The molecule has 0 saturated heterocycles. The van der Waals surface area contributed by atoms with Crippen molar-refractivity contribution in [3.05, 3.63) is 0 Å². The predicted octanol–water partition coefficient (Wildman–Crippen LogP) is 1.68. The van der Waals surface area contributed by atoms with Crippen molar-refractivity contribution in [2.45, 2.75) is 75.4 Å². The highest BCUT2D eigenvalue weighted by molar-refractivity contribution is 8.00. The predicted molar refractivity (Wildman–Crippen MR) is 87.1 cm³/mol. The first-order chi connectivity index (χ1) is 10.8. The largest absolute Gasteiger partial charge is 0.335 e. The summed E-state index contributed by atoms with van der Waals surface area (Å²) in [6.45, 7) is 7.66. The first-order valence-corrected chi connectivity index (χ1v) is 8.72. The Morgan fingerprint density at radius 3 is 2.57 bits per heavy atom. The fourth-order valence-electron chi connectivity index (χ4n) is 2.39. The Morgan fingerprint density at radius 1 is 1.30 bits per heavy atom. The smallest absolute Gasteiger partial charge is 0.321 e. The maximum absolute atomic E-state index is 12.1. The van der Waals surface area contributed by atoms with Gasteiger partial charge in [0.05, 0.1) is 10.8 Å². The van der Waals surface area contributed by atoms with Gasteiger partial charge in [-0.05, 0) is 51.0 Å². The van der Waals surface area contributed by atoms with Gasteiger partial charge < -0.3 is 5.32 Å². The molecule has 0 bridgehead atoms. The zero-order valence-electron chi connectivity index (χ0n) is 14.0. The number of nitrogens with zero attached hydrogens (tertiary/aromatic N) is 4. The molecule has 2 N–H and O–H groups in total. The molecule has 0 unspecified atom stereocenters. The lowest BCUT2D eigenvalue weighted by Crippen LogP contribution is -2.46. The molecule has 1 aliphatic carbocycles. The summed E-state index contributed by atoms with van der Waals surface area (Å²) in [5.41, 5.74) is -0.276. The van der Waals surface area contributed by atoms with Gasteiger partial charge in [-0.2, -0.15) is 0 Å². The van der Waals surface area contributed by atoms with Gasteiger partial charge in [-0.15, -0.1) is 5.10 Å². The lowest BCUT2D eigenvalue weighted by atomic mass is 10.1. The standard InChI is InChI=1S/C14H24N6O2S/c1-9(23-13-17-18-19-20(13)14(2,3)4)11(21)16-12(22)15-10-7-5-6-8-10/h9-10H,5-8H2,1-4H3,(H2,15,16,21,22)/t9-/m1/s1. The summed E-state index contributed by atoms with van der Waals surface area (Å²) in [6.07, 6.45) is 4.21. The number of imide groups is 1. The Labute approximate surface area is 140 Å². The maximum Gasteiger partial charge on any atom is 0.321 e. The molecule has 2 rings (SSSR count). The van der Waals surface area contributed by atoms with Crippen molar-refractivity contribution in [1.29, 1.82) is 0 Å². The van der Waals surface area contributed by atoms with Gasteiger partial charge in [0.25, 0.3) is 0 Å². The highest BCUT2D eigenvalue weighted by atomic mass is 32.2.